The molecule has 0 aliphatic heterocycles. The third-order valence-corrected chi connectivity index (χ3v) is 2.77. The Kier molecular flexibility index (Phi) is 11.7. The molecule has 0 heterocycles. The van der Waals surface area contributed by atoms with Crippen molar-refractivity contribution in [2.24, 2.45) is 0 Å². The maximum Gasteiger partial charge on any atom is 0.330 e. The Bertz CT molecular complexity index is 409. The van der Waals surface area contributed by atoms with Gasteiger partial charge in [-0.3, -0.25) is 4.79 Å². The molecule has 0 fully saturated rings. The van der Waals surface area contributed by atoms with Gasteiger partial charge in [0, 0.05) is 13.0 Å². The van der Waals surface area contributed by atoms with Crippen LogP contribution in [0.3, 0.4) is 0 Å². The molecule has 0 rings (SSSR count). The fourth-order valence-electron chi connectivity index (χ4n) is 1.69. The molecule has 0 aromatic carbocycles. The summed E-state index contributed by atoms with van der Waals surface area (Å²) in [7, 11) is 1.31. The van der Waals surface area contributed by atoms with Crippen molar-refractivity contribution in [1.82, 2.24) is 0 Å². The minimum absolute atomic E-state index is 0.0546. The van der Waals surface area contributed by atoms with Crippen LogP contribution in [-0.2, 0) is 19.1 Å². The van der Waals surface area contributed by atoms with Crippen molar-refractivity contribution in [3.8, 4) is 0 Å². The molecule has 0 spiro atoms. The second kappa shape index (κ2) is 12.8. The van der Waals surface area contributed by atoms with Gasteiger partial charge in [-0.05, 0) is 32.6 Å². The fraction of sp³-hybridized carbons (Fsp3) is 0.529. The van der Waals surface area contributed by atoms with E-state index in [2.05, 4.69) is 4.74 Å². The number of unbranched alkanes of at least 4 members (excludes halogenated alkanes) is 1. The van der Waals surface area contributed by atoms with E-state index in [1.54, 1.807) is 12.2 Å². The summed E-state index contributed by atoms with van der Waals surface area (Å²) in [6, 6.07) is 0. The van der Waals surface area contributed by atoms with Crippen LogP contribution in [0.1, 0.15) is 39.5 Å². The minimum Gasteiger partial charge on any atom is -0.466 e. The van der Waals surface area contributed by atoms with Crippen molar-refractivity contribution in [1.29, 1.82) is 0 Å². The zero-order chi connectivity index (χ0) is 16.8. The summed E-state index contributed by atoms with van der Waals surface area (Å²) in [5, 5.41) is 9.67. The number of aliphatic hydroxyl groups is 1. The number of hydrogen-bond donors (Lipinski definition) is 1. The quantitative estimate of drug-likeness (QED) is 0.221. The highest BCUT2D eigenvalue weighted by Crippen LogP contribution is 2.06. The number of carbonyl (C=O) groups is 2. The Labute approximate surface area is 132 Å². The molecule has 5 nitrogen and oxygen atoms in total. The Balaban J connectivity index is 3.75. The van der Waals surface area contributed by atoms with Gasteiger partial charge in [0.2, 0.25) is 0 Å². The van der Waals surface area contributed by atoms with Crippen LogP contribution in [0.25, 0.3) is 0 Å². The first kappa shape index (κ1) is 20.1. The maximum atomic E-state index is 10.8. The first-order valence-corrected chi connectivity index (χ1v) is 7.38. The zero-order valence-corrected chi connectivity index (χ0v) is 13.5. The second-order valence-corrected chi connectivity index (χ2v) is 4.89. The monoisotopic (exact) mass is 310 g/mol. The smallest absolute Gasteiger partial charge is 0.330 e. The highest BCUT2D eigenvalue weighted by molar-refractivity contribution is 5.82. The summed E-state index contributed by atoms with van der Waals surface area (Å²) < 4.78 is 9.46. The van der Waals surface area contributed by atoms with E-state index in [9.17, 15) is 14.7 Å². The molecule has 0 bridgehead atoms. The summed E-state index contributed by atoms with van der Waals surface area (Å²) >= 11 is 0. The Morgan fingerprint density at radius 1 is 1.23 bits per heavy atom. The number of methoxy groups -OCH3 is 1. The van der Waals surface area contributed by atoms with E-state index in [-0.39, 0.29) is 12.1 Å². The van der Waals surface area contributed by atoms with Crippen LogP contribution in [0, 0.1) is 0 Å². The molecule has 0 saturated carbocycles. The highest BCUT2D eigenvalue weighted by atomic mass is 16.5. The topological polar surface area (TPSA) is 72.8 Å². The summed E-state index contributed by atoms with van der Waals surface area (Å²) in [6.07, 6.45) is 12.4. The van der Waals surface area contributed by atoms with Gasteiger partial charge < -0.3 is 14.6 Å². The Morgan fingerprint density at radius 3 is 2.59 bits per heavy atom. The van der Waals surface area contributed by atoms with E-state index < -0.39 is 12.1 Å². The molecular formula is C17H26O5. The number of hydrogen-bond acceptors (Lipinski definition) is 5. The average Bonchev–Trinajstić information content (AvgIpc) is 2.46. The minimum atomic E-state index is -0.585. The zero-order valence-electron chi connectivity index (χ0n) is 13.5. The molecule has 5 heteroatoms. The van der Waals surface area contributed by atoms with Crippen LogP contribution >= 0.6 is 0 Å². The lowest BCUT2D eigenvalue weighted by molar-refractivity contribution is -0.145. The van der Waals surface area contributed by atoms with Gasteiger partial charge in [-0.1, -0.05) is 30.4 Å². The molecule has 0 saturated heterocycles. The lowest BCUT2D eigenvalue weighted by Crippen LogP contribution is -2.11. The molecule has 0 aromatic heterocycles. The molecule has 124 valence electrons. The Hall–Kier alpha value is -1.88. The van der Waals surface area contributed by atoms with E-state index >= 15 is 0 Å². The molecular weight excluding hydrogens is 284 g/mol. The molecule has 0 unspecified atom stereocenters. The summed E-state index contributed by atoms with van der Waals surface area (Å²) in [5.74, 6) is -0.679. The van der Waals surface area contributed by atoms with Crippen molar-refractivity contribution in [2.45, 2.75) is 51.7 Å². The van der Waals surface area contributed by atoms with Crippen molar-refractivity contribution >= 4 is 11.9 Å². The lowest BCUT2D eigenvalue weighted by atomic mass is 10.1. The summed E-state index contributed by atoms with van der Waals surface area (Å²) in [5.41, 5.74) is 0. The van der Waals surface area contributed by atoms with Gasteiger partial charge in [-0.15, -0.1) is 0 Å². The molecule has 0 radical (unpaired) electrons. The molecule has 2 atom stereocenters. The van der Waals surface area contributed by atoms with E-state index in [1.807, 2.05) is 19.1 Å². The maximum absolute atomic E-state index is 10.8. The normalized spacial score (nSPS) is 14.5. The molecule has 0 aliphatic rings. The third kappa shape index (κ3) is 13.1. The first-order chi connectivity index (χ1) is 10.5. The largest absolute Gasteiger partial charge is 0.466 e. The van der Waals surface area contributed by atoms with Gasteiger partial charge in [-0.25, -0.2) is 4.79 Å². The van der Waals surface area contributed by atoms with Crippen molar-refractivity contribution < 1.29 is 24.2 Å². The van der Waals surface area contributed by atoms with Crippen molar-refractivity contribution in [3.05, 3.63) is 36.5 Å². The molecule has 22 heavy (non-hydrogen) atoms. The number of carbonyl (C=O) groups excluding carboxylic acids is 2. The number of esters is 2. The fourth-order valence-corrected chi connectivity index (χ4v) is 1.69. The van der Waals surface area contributed by atoms with Gasteiger partial charge in [0.15, 0.2) is 0 Å². The van der Waals surface area contributed by atoms with E-state index in [0.29, 0.717) is 6.42 Å². The standard InChI is InChI=1S/C17H26O5/c1-14(22-15(2)18)10-6-4-5-7-11-16(19)12-8-9-13-17(20)21-3/h5,7-9,12-14,16,19H,4,6,10-11H2,1-3H3/b7-5+,12-8+,13-9+/t14-,16+/m1/s1. The summed E-state index contributed by atoms with van der Waals surface area (Å²) in [6.45, 7) is 3.28. The number of aliphatic hydroxyl groups excluding tert-OH is 1. The first-order valence-electron chi connectivity index (χ1n) is 7.38. The number of allylic oxidation sites excluding steroid dienone is 3. The molecule has 0 aromatic rings. The van der Waals surface area contributed by atoms with Gasteiger partial charge in [0.25, 0.3) is 0 Å². The van der Waals surface area contributed by atoms with Gasteiger partial charge in [0.05, 0.1) is 19.3 Å². The van der Waals surface area contributed by atoms with Gasteiger partial charge in [0.1, 0.15) is 0 Å². The van der Waals surface area contributed by atoms with Crippen molar-refractivity contribution in [2.75, 3.05) is 7.11 Å². The van der Waals surface area contributed by atoms with Crippen LogP contribution in [-0.4, -0.2) is 36.4 Å². The Morgan fingerprint density at radius 2 is 1.95 bits per heavy atom. The predicted octanol–water partition coefficient (Wildman–Crippen LogP) is 2.70. The number of rotatable bonds is 10. The van der Waals surface area contributed by atoms with Crippen molar-refractivity contribution in [3.63, 3.8) is 0 Å². The van der Waals surface area contributed by atoms with Crippen LogP contribution in [0.4, 0.5) is 0 Å². The SMILES string of the molecule is COC(=O)/C=C/C=C/[C@@H](O)C/C=C/CCC[C@@H](C)OC(C)=O. The lowest BCUT2D eigenvalue weighted by Gasteiger charge is -2.10. The molecule has 1 N–H and O–H groups in total. The average molecular weight is 310 g/mol. The highest BCUT2D eigenvalue weighted by Gasteiger charge is 2.03. The second-order valence-electron chi connectivity index (χ2n) is 4.89. The van der Waals surface area contributed by atoms with Crippen LogP contribution in [0.2, 0.25) is 0 Å². The van der Waals surface area contributed by atoms with Crippen LogP contribution < -0.4 is 0 Å². The van der Waals surface area contributed by atoms with Gasteiger partial charge in [-0.2, -0.15) is 0 Å². The van der Waals surface area contributed by atoms with E-state index in [1.165, 1.54) is 26.2 Å². The van der Waals surface area contributed by atoms with E-state index in [4.69, 9.17) is 4.74 Å². The summed E-state index contributed by atoms with van der Waals surface area (Å²) in [4.78, 5) is 21.5. The third-order valence-electron chi connectivity index (χ3n) is 2.77. The predicted molar refractivity (Wildman–Crippen MR) is 85.1 cm³/mol. The molecule has 0 amide bonds. The molecule has 0 aliphatic carbocycles. The van der Waals surface area contributed by atoms with E-state index in [0.717, 1.165) is 19.3 Å². The number of ether oxygens (including phenoxy) is 2. The van der Waals surface area contributed by atoms with Gasteiger partial charge >= 0.3 is 11.9 Å². The van der Waals surface area contributed by atoms with Crippen LogP contribution in [0.5, 0.6) is 0 Å². The van der Waals surface area contributed by atoms with Crippen LogP contribution in [0.15, 0.2) is 36.5 Å².